The van der Waals surface area contributed by atoms with Gasteiger partial charge in [0.05, 0.1) is 18.6 Å². The van der Waals surface area contributed by atoms with Crippen molar-refractivity contribution < 1.29 is 14.6 Å². The van der Waals surface area contributed by atoms with Crippen molar-refractivity contribution in [2.24, 2.45) is 5.92 Å². The first-order valence-electron chi connectivity index (χ1n) is 7.99. The van der Waals surface area contributed by atoms with Crippen molar-refractivity contribution in [3.05, 3.63) is 0 Å². The number of rotatable bonds is 6. The molecule has 0 aromatic rings. The van der Waals surface area contributed by atoms with E-state index in [0.717, 1.165) is 38.8 Å². The Morgan fingerprint density at radius 1 is 1.35 bits per heavy atom. The third-order valence-electron chi connectivity index (χ3n) is 4.60. The van der Waals surface area contributed by atoms with E-state index in [2.05, 4.69) is 25.7 Å². The highest BCUT2D eigenvalue weighted by Crippen LogP contribution is 2.34. The van der Waals surface area contributed by atoms with Crippen molar-refractivity contribution in [1.82, 2.24) is 4.90 Å². The Hall–Kier alpha value is -0.610. The van der Waals surface area contributed by atoms with Crippen LogP contribution < -0.4 is 0 Å². The predicted molar refractivity (Wildman–Crippen MR) is 80.5 cm³/mol. The minimum Gasteiger partial charge on any atom is -0.469 e. The summed E-state index contributed by atoms with van der Waals surface area (Å²) in [5.41, 5.74) is -0.897. The van der Waals surface area contributed by atoms with E-state index in [-0.39, 0.29) is 11.9 Å². The van der Waals surface area contributed by atoms with Crippen molar-refractivity contribution in [2.75, 3.05) is 20.2 Å². The molecule has 0 aromatic carbocycles. The van der Waals surface area contributed by atoms with Crippen LogP contribution in [0.2, 0.25) is 0 Å². The van der Waals surface area contributed by atoms with Crippen LogP contribution in [0.4, 0.5) is 0 Å². The van der Waals surface area contributed by atoms with Crippen molar-refractivity contribution in [2.45, 2.75) is 70.9 Å². The standard InChI is InChI=1S/C16H31NO3/c1-5-6-8-14(15(18)20-4)16(19)9-7-11-17(12-10-16)13(2)3/h13-14,19H,5-12H2,1-4H3. The summed E-state index contributed by atoms with van der Waals surface area (Å²) >= 11 is 0. The fourth-order valence-electron chi connectivity index (χ4n) is 3.18. The van der Waals surface area contributed by atoms with Crippen LogP contribution in [0.15, 0.2) is 0 Å². The summed E-state index contributed by atoms with van der Waals surface area (Å²) in [7, 11) is 1.42. The first kappa shape index (κ1) is 17.4. The smallest absolute Gasteiger partial charge is 0.311 e. The molecule has 0 amide bonds. The number of hydrogen-bond acceptors (Lipinski definition) is 4. The largest absolute Gasteiger partial charge is 0.469 e. The number of ether oxygens (including phenoxy) is 1. The van der Waals surface area contributed by atoms with Crippen molar-refractivity contribution in [3.8, 4) is 0 Å². The van der Waals surface area contributed by atoms with Gasteiger partial charge in [0, 0.05) is 12.6 Å². The number of carbonyl (C=O) groups excluding carboxylic acids is 1. The average Bonchev–Trinajstić information content (AvgIpc) is 2.61. The molecule has 1 aliphatic heterocycles. The summed E-state index contributed by atoms with van der Waals surface area (Å²) in [6.07, 6.45) is 5.00. The highest BCUT2D eigenvalue weighted by molar-refractivity contribution is 5.73. The van der Waals surface area contributed by atoms with Crippen LogP contribution >= 0.6 is 0 Å². The summed E-state index contributed by atoms with van der Waals surface area (Å²) in [4.78, 5) is 14.4. The van der Waals surface area contributed by atoms with Gasteiger partial charge in [0.1, 0.15) is 0 Å². The third kappa shape index (κ3) is 4.45. The maximum Gasteiger partial charge on any atom is 0.311 e. The van der Waals surface area contributed by atoms with E-state index in [9.17, 15) is 9.90 Å². The zero-order chi connectivity index (χ0) is 15.2. The van der Waals surface area contributed by atoms with Gasteiger partial charge in [-0.1, -0.05) is 19.8 Å². The van der Waals surface area contributed by atoms with Gasteiger partial charge in [0.25, 0.3) is 0 Å². The summed E-state index contributed by atoms with van der Waals surface area (Å²) in [5.74, 6) is -0.626. The molecule has 1 fully saturated rings. The molecule has 1 rings (SSSR count). The van der Waals surface area contributed by atoms with Crippen molar-refractivity contribution >= 4 is 5.97 Å². The summed E-state index contributed by atoms with van der Waals surface area (Å²) < 4.78 is 4.93. The molecule has 118 valence electrons. The third-order valence-corrected chi connectivity index (χ3v) is 4.60. The molecule has 1 N–H and O–H groups in total. The molecule has 2 atom stereocenters. The SMILES string of the molecule is CCCCC(C(=O)OC)C1(O)CCCN(C(C)C)CC1. The highest BCUT2D eigenvalue weighted by atomic mass is 16.5. The van der Waals surface area contributed by atoms with Crippen LogP contribution in [0.3, 0.4) is 0 Å². The molecule has 0 bridgehead atoms. The number of carbonyl (C=O) groups is 1. The first-order chi connectivity index (χ1) is 9.44. The van der Waals surface area contributed by atoms with Crippen molar-refractivity contribution in [3.63, 3.8) is 0 Å². The second-order valence-corrected chi connectivity index (χ2v) is 6.30. The fraction of sp³-hybridized carbons (Fsp3) is 0.938. The van der Waals surface area contributed by atoms with Crippen LogP contribution in [0.1, 0.15) is 59.3 Å². The second kappa shape index (κ2) is 7.99. The van der Waals surface area contributed by atoms with Gasteiger partial charge in [-0.15, -0.1) is 0 Å². The number of esters is 1. The van der Waals surface area contributed by atoms with Gasteiger partial charge in [-0.3, -0.25) is 4.79 Å². The molecule has 1 aliphatic rings. The van der Waals surface area contributed by atoms with Gasteiger partial charge in [0.2, 0.25) is 0 Å². The number of nitrogens with zero attached hydrogens (tertiary/aromatic N) is 1. The van der Waals surface area contributed by atoms with E-state index in [0.29, 0.717) is 18.9 Å². The summed E-state index contributed by atoms with van der Waals surface area (Å²) in [6, 6.07) is 0.490. The second-order valence-electron chi connectivity index (χ2n) is 6.30. The minimum atomic E-state index is -0.897. The molecule has 1 heterocycles. The van der Waals surface area contributed by atoms with Gasteiger partial charge in [-0.25, -0.2) is 0 Å². The molecule has 0 spiro atoms. The molecule has 20 heavy (non-hydrogen) atoms. The molecule has 0 aromatic heterocycles. The lowest BCUT2D eigenvalue weighted by atomic mass is 9.78. The topological polar surface area (TPSA) is 49.8 Å². The van der Waals surface area contributed by atoms with E-state index in [1.54, 1.807) is 0 Å². The normalized spacial score (nSPS) is 26.3. The molecule has 4 nitrogen and oxygen atoms in total. The Balaban J connectivity index is 2.78. The zero-order valence-corrected chi connectivity index (χ0v) is 13.5. The lowest BCUT2D eigenvalue weighted by Gasteiger charge is -2.34. The monoisotopic (exact) mass is 285 g/mol. The number of methoxy groups -OCH3 is 1. The maximum absolute atomic E-state index is 12.1. The summed E-state index contributed by atoms with van der Waals surface area (Å²) in [6.45, 7) is 8.32. The van der Waals surface area contributed by atoms with E-state index in [1.807, 2.05) is 0 Å². The Bertz CT molecular complexity index is 306. The summed E-state index contributed by atoms with van der Waals surface area (Å²) in [5, 5.41) is 11.0. The fourth-order valence-corrected chi connectivity index (χ4v) is 3.18. The van der Waals surface area contributed by atoms with Crippen LogP contribution in [0.5, 0.6) is 0 Å². The van der Waals surface area contributed by atoms with Crippen LogP contribution in [0.25, 0.3) is 0 Å². The van der Waals surface area contributed by atoms with Crippen LogP contribution in [-0.4, -0.2) is 47.8 Å². The predicted octanol–water partition coefficient (Wildman–Crippen LogP) is 2.59. The Kier molecular flexibility index (Phi) is 6.96. The van der Waals surface area contributed by atoms with Gasteiger partial charge in [-0.05, 0) is 46.1 Å². The minimum absolute atomic E-state index is 0.251. The van der Waals surface area contributed by atoms with Gasteiger partial charge >= 0.3 is 5.97 Å². The van der Waals surface area contributed by atoms with E-state index in [1.165, 1.54) is 7.11 Å². The molecule has 0 aliphatic carbocycles. The number of unbranched alkanes of at least 4 members (excludes halogenated alkanes) is 1. The Morgan fingerprint density at radius 2 is 2.05 bits per heavy atom. The lowest BCUT2D eigenvalue weighted by molar-refractivity contribution is -0.157. The average molecular weight is 285 g/mol. The van der Waals surface area contributed by atoms with Gasteiger partial charge < -0.3 is 14.7 Å². The molecule has 2 unspecified atom stereocenters. The first-order valence-corrected chi connectivity index (χ1v) is 7.99. The zero-order valence-electron chi connectivity index (χ0n) is 13.5. The molecule has 1 saturated heterocycles. The van der Waals surface area contributed by atoms with Crippen LogP contribution in [0, 0.1) is 5.92 Å². The van der Waals surface area contributed by atoms with E-state index in [4.69, 9.17) is 4.74 Å². The Morgan fingerprint density at radius 3 is 2.60 bits per heavy atom. The number of aliphatic hydroxyl groups is 1. The molecule has 0 saturated carbocycles. The highest BCUT2D eigenvalue weighted by Gasteiger charge is 2.42. The van der Waals surface area contributed by atoms with Gasteiger partial charge in [-0.2, -0.15) is 0 Å². The molecular formula is C16H31NO3. The van der Waals surface area contributed by atoms with Crippen LogP contribution in [-0.2, 0) is 9.53 Å². The quantitative estimate of drug-likeness (QED) is 0.762. The Labute approximate surface area is 123 Å². The van der Waals surface area contributed by atoms with Gasteiger partial charge in [0.15, 0.2) is 0 Å². The number of likely N-dealkylation sites (tertiary alicyclic amines) is 1. The lowest BCUT2D eigenvalue weighted by Crippen LogP contribution is -2.44. The molecule has 4 heteroatoms. The molecule has 0 radical (unpaired) electrons. The van der Waals surface area contributed by atoms with E-state index >= 15 is 0 Å². The van der Waals surface area contributed by atoms with E-state index < -0.39 is 5.60 Å². The van der Waals surface area contributed by atoms with Crippen molar-refractivity contribution in [1.29, 1.82) is 0 Å². The molecular weight excluding hydrogens is 254 g/mol. The number of hydrogen-bond donors (Lipinski definition) is 1. The maximum atomic E-state index is 12.1.